The molecule has 0 aliphatic rings. The van der Waals surface area contributed by atoms with E-state index in [1.807, 2.05) is 10.8 Å². The number of aromatic nitrogens is 5. The fourth-order valence-electron chi connectivity index (χ4n) is 1.73. The molecule has 2 heterocycles. The number of aryl methyl sites for hydroxylation is 2. The Morgan fingerprint density at radius 3 is 2.67 bits per heavy atom. The zero-order valence-corrected chi connectivity index (χ0v) is 10.8. The van der Waals surface area contributed by atoms with Gasteiger partial charge in [-0.05, 0) is 12.8 Å². The van der Waals surface area contributed by atoms with E-state index in [-0.39, 0.29) is 0 Å². The molecule has 0 aliphatic carbocycles. The van der Waals surface area contributed by atoms with Crippen molar-refractivity contribution in [2.75, 3.05) is 11.9 Å². The predicted octanol–water partition coefficient (Wildman–Crippen LogP) is 1.30. The van der Waals surface area contributed by atoms with Gasteiger partial charge < -0.3 is 9.88 Å². The van der Waals surface area contributed by atoms with Crippen molar-refractivity contribution in [1.82, 2.24) is 24.7 Å². The maximum absolute atomic E-state index is 4.47. The summed E-state index contributed by atoms with van der Waals surface area (Å²) >= 11 is 0. The van der Waals surface area contributed by atoms with Crippen LogP contribution in [0, 0.1) is 0 Å². The molecule has 0 amide bonds. The molecule has 0 aliphatic heterocycles. The van der Waals surface area contributed by atoms with Crippen LogP contribution in [-0.2, 0) is 19.4 Å². The maximum Gasteiger partial charge on any atom is 0.243 e. The minimum absolute atomic E-state index is 0.601. The van der Waals surface area contributed by atoms with Crippen LogP contribution < -0.4 is 5.32 Å². The van der Waals surface area contributed by atoms with E-state index in [4.69, 9.17) is 0 Å². The zero-order chi connectivity index (χ0) is 12.8. The van der Waals surface area contributed by atoms with Crippen LogP contribution in [0.25, 0.3) is 0 Å². The largest absolute Gasteiger partial charge is 0.351 e. The van der Waals surface area contributed by atoms with Crippen molar-refractivity contribution in [3.8, 4) is 0 Å². The summed E-state index contributed by atoms with van der Waals surface area (Å²) in [5.41, 5.74) is 2.01. The van der Waals surface area contributed by atoms with E-state index in [1.54, 1.807) is 12.5 Å². The molecule has 6 nitrogen and oxygen atoms in total. The first-order valence-electron chi connectivity index (χ1n) is 6.25. The minimum atomic E-state index is 0.601. The van der Waals surface area contributed by atoms with Crippen LogP contribution in [0.1, 0.15) is 25.2 Å². The second-order valence-corrected chi connectivity index (χ2v) is 3.96. The number of anilines is 1. The zero-order valence-electron chi connectivity index (χ0n) is 10.8. The lowest BCUT2D eigenvalue weighted by molar-refractivity contribution is 0.717. The number of rotatable bonds is 6. The molecule has 0 saturated heterocycles. The third-order valence-corrected chi connectivity index (χ3v) is 2.72. The maximum atomic E-state index is 4.47. The molecule has 0 spiro atoms. The Morgan fingerprint density at radius 2 is 2.00 bits per heavy atom. The first kappa shape index (κ1) is 12.5. The number of hydrogen-bond acceptors (Lipinski definition) is 5. The summed E-state index contributed by atoms with van der Waals surface area (Å²) in [4.78, 5) is 8.46. The van der Waals surface area contributed by atoms with Crippen molar-refractivity contribution in [2.45, 2.75) is 33.2 Å². The monoisotopic (exact) mass is 246 g/mol. The van der Waals surface area contributed by atoms with E-state index in [1.165, 1.54) is 0 Å². The van der Waals surface area contributed by atoms with Crippen molar-refractivity contribution in [2.24, 2.45) is 0 Å². The summed E-state index contributed by atoms with van der Waals surface area (Å²) in [6, 6.07) is 0. The average molecular weight is 246 g/mol. The van der Waals surface area contributed by atoms with E-state index >= 15 is 0 Å². The highest BCUT2D eigenvalue weighted by Gasteiger charge is 2.05. The van der Waals surface area contributed by atoms with Gasteiger partial charge >= 0.3 is 0 Å². The van der Waals surface area contributed by atoms with Gasteiger partial charge in [-0.25, -0.2) is 9.97 Å². The minimum Gasteiger partial charge on any atom is -0.351 e. The summed E-state index contributed by atoms with van der Waals surface area (Å²) in [5, 5.41) is 11.4. The Balaban J connectivity index is 1.93. The highest BCUT2D eigenvalue weighted by molar-refractivity contribution is 5.25. The summed E-state index contributed by atoms with van der Waals surface area (Å²) in [6.07, 6.45) is 7.24. The first-order valence-corrected chi connectivity index (χ1v) is 6.25. The quantitative estimate of drug-likeness (QED) is 0.832. The van der Waals surface area contributed by atoms with E-state index in [0.717, 1.165) is 37.3 Å². The van der Waals surface area contributed by atoms with Crippen molar-refractivity contribution in [3.05, 3.63) is 30.1 Å². The Morgan fingerprint density at radius 1 is 1.17 bits per heavy atom. The van der Waals surface area contributed by atoms with Crippen LogP contribution in [0.5, 0.6) is 0 Å². The molecule has 2 aromatic heterocycles. The van der Waals surface area contributed by atoms with E-state index in [0.29, 0.717) is 5.95 Å². The Hall–Kier alpha value is -1.98. The van der Waals surface area contributed by atoms with Gasteiger partial charge in [-0.1, -0.05) is 13.8 Å². The number of nitrogens with one attached hydrogen (secondary N) is 1. The third-order valence-electron chi connectivity index (χ3n) is 2.72. The molecule has 0 radical (unpaired) electrons. The number of imidazole rings is 1. The Labute approximate surface area is 106 Å². The number of nitrogens with zero attached hydrogens (tertiary/aromatic N) is 5. The lowest BCUT2D eigenvalue weighted by atomic mass is 10.2. The fourth-order valence-corrected chi connectivity index (χ4v) is 1.73. The van der Waals surface area contributed by atoms with Crippen molar-refractivity contribution >= 4 is 5.95 Å². The van der Waals surface area contributed by atoms with Gasteiger partial charge in [-0.15, -0.1) is 5.10 Å². The van der Waals surface area contributed by atoms with Crippen LogP contribution >= 0.6 is 0 Å². The summed E-state index contributed by atoms with van der Waals surface area (Å²) < 4.78 is 2.00. The molecule has 0 unspecified atom stereocenters. The molecular formula is C12H18N6. The van der Waals surface area contributed by atoms with E-state index < -0.39 is 0 Å². The molecule has 0 aromatic carbocycles. The molecule has 0 atom stereocenters. The van der Waals surface area contributed by atoms with Gasteiger partial charge in [-0.2, -0.15) is 5.10 Å². The van der Waals surface area contributed by atoms with Crippen molar-refractivity contribution in [1.29, 1.82) is 0 Å². The van der Waals surface area contributed by atoms with Gasteiger partial charge in [0, 0.05) is 25.5 Å². The molecule has 96 valence electrons. The van der Waals surface area contributed by atoms with Crippen LogP contribution in [0.2, 0.25) is 0 Å². The average Bonchev–Trinajstić information content (AvgIpc) is 2.91. The van der Waals surface area contributed by atoms with Gasteiger partial charge in [0.25, 0.3) is 0 Å². The standard InChI is InChI=1S/C12H18N6/c1-3-10-11(4-2)16-17-12(15-10)14-6-8-18-7-5-13-9-18/h5,7,9H,3-4,6,8H2,1-2H3,(H,14,15,17). The van der Waals surface area contributed by atoms with Gasteiger partial charge in [0.2, 0.25) is 5.95 Å². The predicted molar refractivity (Wildman–Crippen MR) is 69.3 cm³/mol. The summed E-state index contributed by atoms with van der Waals surface area (Å²) in [5.74, 6) is 0.601. The normalized spacial score (nSPS) is 10.6. The van der Waals surface area contributed by atoms with Gasteiger partial charge in [0.15, 0.2) is 0 Å². The van der Waals surface area contributed by atoms with E-state index in [9.17, 15) is 0 Å². The second kappa shape index (κ2) is 6.09. The van der Waals surface area contributed by atoms with Crippen molar-refractivity contribution in [3.63, 3.8) is 0 Å². The summed E-state index contributed by atoms with van der Waals surface area (Å²) in [7, 11) is 0. The van der Waals surface area contributed by atoms with Crippen molar-refractivity contribution < 1.29 is 0 Å². The lowest BCUT2D eigenvalue weighted by Gasteiger charge is -2.08. The van der Waals surface area contributed by atoms with E-state index in [2.05, 4.69) is 39.3 Å². The molecule has 0 fully saturated rings. The smallest absolute Gasteiger partial charge is 0.243 e. The highest BCUT2D eigenvalue weighted by atomic mass is 15.2. The SMILES string of the molecule is CCc1nnc(NCCn2ccnc2)nc1CC. The highest BCUT2D eigenvalue weighted by Crippen LogP contribution is 2.06. The van der Waals surface area contributed by atoms with Crippen LogP contribution in [0.4, 0.5) is 5.95 Å². The Bertz CT molecular complexity index is 479. The van der Waals surface area contributed by atoms with Gasteiger partial charge in [-0.3, -0.25) is 0 Å². The van der Waals surface area contributed by atoms with Crippen LogP contribution in [0.15, 0.2) is 18.7 Å². The van der Waals surface area contributed by atoms with Crippen LogP contribution in [0.3, 0.4) is 0 Å². The fraction of sp³-hybridized carbons (Fsp3) is 0.500. The van der Waals surface area contributed by atoms with Crippen LogP contribution in [-0.4, -0.2) is 31.3 Å². The topological polar surface area (TPSA) is 68.5 Å². The first-order chi connectivity index (χ1) is 8.83. The Kier molecular flexibility index (Phi) is 4.22. The molecule has 1 N–H and O–H groups in total. The molecule has 0 bridgehead atoms. The molecule has 0 saturated carbocycles. The second-order valence-electron chi connectivity index (χ2n) is 3.96. The molecule has 18 heavy (non-hydrogen) atoms. The summed E-state index contributed by atoms with van der Waals surface area (Å²) in [6.45, 7) is 5.74. The third kappa shape index (κ3) is 3.03. The number of hydrogen-bond donors (Lipinski definition) is 1. The van der Waals surface area contributed by atoms with Gasteiger partial charge in [0.05, 0.1) is 17.7 Å². The van der Waals surface area contributed by atoms with Gasteiger partial charge in [0.1, 0.15) is 0 Å². The lowest BCUT2D eigenvalue weighted by Crippen LogP contribution is -2.14. The molecular weight excluding hydrogens is 228 g/mol. The molecule has 2 aromatic rings. The molecule has 2 rings (SSSR count). The molecule has 6 heteroatoms.